The highest BCUT2D eigenvalue weighted by Gasteiger charge is 2.38. The van der Waals surface area contributed by atoms with E-state index in [2.05, 4.69) is 5.32 Å². The fourth-order valence-electron chi connectivity index (χ4n) is 2.43. The van der Waals surface area contributed by atoms with Crippen molar-refractivity contribution in [3.8, 4) is 0 Å². The predicted molar refractivity (Wildman–Crippen MR) is 74.8 cm³/mol. The lowest BCUT2D eigenvalue weighted by molar-refractivity contribution is -0.197. The first-order chi connectivity index (χ1) is 9.88. The molecule has 0 aromatic rings. The Kier molecular flexibility index (Phi) is 4.87. The number of nitrogens with one attached hydrogen (secondary N) is 1. The van der Waals surface area contributed by atoms with Gasteiger partial charge in [-0.25, -0.2) is 4.79 Å². The summed E-state index contributed by atoms with van der Waals surface area (Å²) in [7, 11) is 0. The molecular formula is C13H18N2O5S. The minimum atomic E-state index is -0.591. The Morgan fingerprint density at radius 2 is 1.95 bits per heavy atom. The molecule has 2 heterocycles. The van der Waals surface area contributed by atoms with E-state index in [1.54, 1.807) is 11.8 Å². The van der Waals surface area contributed by atoms with Crippen molar-refractivity contribution in [3.63, 3.8) is 0 Å². The van der Waals surface area contributed by atoms with Gasteiger partial charge in [-0.2, -0.15) is 11.8 Å². The number of hydrogen-bond donors (Lipinski definition) is 1. The number of imide groups is 1. The monoisotopic (exact) mass is 314 g/mol. The van der Waals surface area contributed by atoms with Crippen LogP contribution in [0.4, 0.5) is 0 Å². The SMILES string of the molecule is CC(=O)N[C@@H]1CS[C@H](CC(=O)ON2C(=O)CCC2=O)[C@@H]1C. The molecule has 116 valence electrons. The molecule has 7 nitrogen and oxygen atoms in total. The van der Waals surface area contributed by atoms with Crippen LogP contribution in [0.5, 0.6) is 0 Å². The van der Waals surface area contributed by atoms with E-state index in [1.165, 1.54) is 6.92 Å². The summed E-state index contributed by atoms with van der Waals surface area (Å²) in [6.07, 6.45) is 0.287. The molecule has 0 aliphatic carbocycles. The molecule has 2 fully saturated rings. The number of amides is 3. The van der Waals surface area contributed by atoms with Crippen molar-refractivity contribution in [3.05, 3.63) is 0 Å². The lowest BCUT2D eigenvalue weighted by atomic mass is 9.98. The summed E-state index contributed by atoms with van der Waals surface area (Å²) in [6.45, 7) is 3.42. The molecule has 2 rings (SSSR count). The Hall–Kier alpha value is -1.57. The maximum Gasteiger partial charge on any atom is 0.334 e. The van der Waals surface area contributed by atoms with Crippen molar-refractivity contribution in [2.45, 2.75) is 44.4 Å². The van der Waals surface area contributed by atoms with Crippen LogP contribution in [0.3, 0.4) is 0 Å². The fourth-order valence-corrected chi connectivity index (χ4v) is 4.02. The normalized spacial score (nSPS) is 28.9. The second-order valence-electron chi connectivity index (χ2n) is 5.29. The molecule has 0 aromatic heterocycles. The number of nitrogens with zero attached hydrogens (tertiary/aromatic N) is 1. The van der Waals surface area contributed by atoms with Gasteiger partial charge in [0.1, 0.15) is 0 Å². The van der Waals surface area contributed by atoms with Crippen molar-refractivity contribution < 1.29 is 24.0 Å². The van der Waals surface area contributed by atoms with Gasteiger partial charge < -0.3 is 10.2 Å². The van der Waals surface area contributed by atoms with Gasteiger partial charge in [-0.15, -0.1) is 5.06 Å². The van der Waals surface area contributed by atoms with Crippen molar-refractivity contribution >= 4 is 35.5 Å². The topological polar surface area (TPSA) is 92.8 Å². The number of carbonyl (C=O) groups is 4. The van der Waals surface area contributed by atoms with Crippen LogP contribution >= 0.6 is 11.8 Å². The third-order valence-electron chi connectivity index (χ3n) is 3.67. The van der Waals surface area contributed by atoms with Gasteiger partial charge in [-0.05, 0) is 5.92 Å². The molecule has 2 aliphatic heterocycles. The van der Waals surface area contributed by atoms with Crippen LogP contribution in [0, 0.1) is 5.92 Å². The van der Waals surface area contributed by atoms with E-state index >= 15 is 0 Å². The molecule has 0 aromatic carbocycles. The van der Waals surface area contributed by atoms with Crippen molar-refractivity contribution in [2.75, 3.05) is 5.75 Å². The van der Waals surface area contributed by atoms with Gasteiger partial charge in [-0.1, -0.05) is 6.92 Å². The minimum Gasteiger partial charge on any atom is -0.352 e. The number of rotatable bonds is 4. The molecule has 0 saturated carbocycles. The molecule has 3 amide bonds. The van der Waals surface area contributed by atoms with E-state index in [1.807, 2.05) is 6.92 Å². The average molecular weight is 314 g/mol. The Morgan fingerprint density at radius 1 is 1.33 bits per heavy atom. The maximum absolute atomic E-state index is 11.9. The Balaban J connectivity index is 1.84. The van der Waals surface area contributed by atoms with E-state index in [4.69, 9.17) is 4.84 Å². The summed E-state index contributed by atoms with van der Waals surface area (Å²) in [4.78, 5) is 50.5. The Labute approximate surface area is 126 Å². The third kappa shape index (κ3) is 3.75. The second kappa shape index (κ2) is 6.46. The van der Waals surface area contributed by atoms with Crippen LogP contribution < -0.4 is 5.32 Å². The summed E-state index contributed by atoms with van der Waals surface area (Å²) in [6, 6.07) is 0.0281. The number of hydroxylamine groups is 2. The highest BCUT2D eigenvalue weighted by atomic mass is 32.2. The first-order valence-corrected chi connectivity index (χ1v) is 7.88. The predicted octanol–water partition coefficient (Wildman–Crippen LogP) is 0.240. The van der Waals surface area contributed by atoms with Gasteiger partial charge in [0.05, 0.1) is 6.42 Å². The lowest BCUT2D eigenvalue weighted by Gasteiger charge is -2.20. The molecule has 3 atom stereocenters. The molecule has 2 aliphatic rings. The quantitative estimate of drug-likeness (QED) is 0.747. The summed E-state index contributed by atoms with van der Waals surface area (Å²) >= 11 is 1.58. The largest absolute Gasteiger partial charge is 0.352 e. The molecule has 0 unspecified atom stereocenters. The molecular weight excluding hydrogens is 296 g/mol. The van der Waals surface area contributed by atoms with Gasteiger partial charge in [0.25, 0.3) is 11.8 Å². The van der Waals surface area contributed by atoms with E-state index < -0.39 is 17.8 Å². The van der Waals surface area contributed by atoms with E-state index in [9.17, 15) is 19.2 Å². The van der Waals surface area contributed by atoms with Gasteiger partial charge in [-0.3, -0.25) is 14.4 Å². The highest BCUT2D eigenvalue weighted by Crippen LogP contribution is 2.35. The smallest absolute Gasteiger partial charge is 0.334 e. The van der Waals surface area contributed by atoms with Crippen LogP contribution in [-0.2, 0) is 24.0 Å². The van der Waals surface area contributed by atoms with Crippen LogP contribution in [0.1, 0.15) is 33.1 Å². The molecule has 0 radical (unpaired) electrons. The van der Waals surface area contributed by atoms with E-state index in [0.717, 1.165) is 5.75 Å². The van der Waals surface area contributed by atoms with Crippen LogP contribution in [0.25, 0.3) is 0 Å². The summed E-state index contributed by atoms with van der Waals surface area (Å²) in [5, 5.41) is 3.42. The first kappa shape index (κ1) is 15.8. The minimum absolute atomic E-state index is 0.00200. The molecule has 1 N–H and O–H groups in total. The zero-order chi connectivity index (χ0) is 15.6. The number of hydrogen-bond acceptors (Lipinski definition) is 6. The Bertz CT molecular complexity index is 465. The standard InChI is InChI=1S/C13H18N2O5S/c1-7-9(14-8(2)16)6-21-10(7)5-13(19)20-15-11(17)3-4-12(15)18/h7,9-10H,3-6H2,1-2H3,(H,14,16)/t7-,9-,10-/m1/s1. The number of thioether (sulfide) groups is 1. The van der Waals surface area contributed by atoms with Gasteiger partial charge >= 0.3 is 5.97 Å². The van der Waals surface area contributed by atoms with E-state index in [-0.39, 0.29) is 42.4 Å². The molecule has 8 heteroatoms. The van der Waals surface area contributed by atoms with Crippen LogP contribution in [0.2, 0.25) is 0 Å². The highest BCUT2D eigenvalue weighted by molar-refractivity contribution is 8.00. The molecule has 2 saturated heterocycles. The molecule has 0 bridgehead atoms. The summed E-state index contributed by atoms with van der Waals surface area (Å²) in [5.74, 6) is -0.778. The van der Waals surface area contributed by atoms with Gasteiger partial charge in [0.15, 0.2) is 0 Å². The van der Waals surface area contributed by atoms with Crippen molar-refractivity contribution in [1.82, 2.24) is 10.4 Å². The van der Waals surface area contributed by atoms with Crippen LogP contribution in [0.15, 0.2) is 0 Å². The van der Waals surface area contributed by atoms with Crippen molar-refractivity contribution in [2.24, 2.45) is 5.92 Å². The fraction of sp³-hybridized carbons (Fsp3) is 0.692. The van der Waals surface area contributed by atoms with Gasteiger partial charge in [0.2, 0.25) is 5.91 Å². The molecule has 0 spiro atoms. The maximum atomic E-state index is 11.9. The zero-order valence-electron chi connectivity index (χ0n) is 12.0. The van der Waals surface area contributed by atoms with Crippen molar-refractivity contribution in [1.29, 1.82) is 0 Å². The van der Waals surface area contributed by atoms with Crippen LogP contribution in [-0.4, -0.2) is 45.8 Å². The lowest BCUT2D eigenvalue weighted by Crippen LogP contribution is -2.39. The number of carbonyl (C=O) groups excluding carboxylic acids is 4. The van der Waals surface area contributed by atoms with E-state index in [0.29, 0.717) is 5.06 Å². The summed E-state index contributed by atoms with van der Waals surface area (Å²) < 4.78 is 0. The Morgan fingerprint density at radius 3 is 2.52 bits per heavy atom. The average Bonchev–Trinajstić information content (AvgIpc) is 2.89. The first-order valence-electron chi connectivity index (χ1n) is 6.83. The summed E-state index contributed by atoms with van der Waals surface area (Å²) in [5.41, 5.74) is 0. The zero-order valence-corrected chi connectivity index (χ0v) is 12.8. The third-order valence-corrected chi connectivity index (χ3v) is 5.24. The van der Waals surface area contributed by atoms with Gasteiger partial charge in [0, 0.05) is 36.8 Å². The molecule has 21 heavy (non-hydrogen) atoms. The second-order valence-corrected chi connectivity index (χ2v) is 6.56.